The Morgan fingerprint density at radius 2 is 2.19 bits per heavy atom. The van der Waals surface area contributed by atoms with Crippen molar-refractivity contribution in [3.8, 4) is 0 Å². The number of rotatable bonds is 4. The predicted octanol–water partition coefficient (Wildman–Crippen LogP) is 0.687. The molecule has 112 valence electrons. The van der Waals surface area contributed by atoms with Gasteiger partial charge in [0.25, 0.3) is 5.91 Å². The minimum atomic E-state index is -4.01. The Morgan fingerprint density at radius 1 is 1.48 bits per heavy atom. The number of nitrogens with two attached hydrogens (primary N) is 1. The lowest BCUT2D eigenvalue weighted by Crippen LogP contribution is -2.28. The number of imidazole rings is 1. The zero-order chi connectivity index (χ0) is 15.6. The number of nitrogens with one attached hydrogen (secondary N) is 2. The molecular formula is C12H13FN4O3S. The van der Waals surface area contributed by atoms with E-state index >= 15 is 0 Å². The topological polar surface area (TPSA) is 118 Å². The maximum Gasteiger partial charge on any atom is 0.254 e. The molecule has 0 bridgehead atoms. The number of nitrogens with zero attached hydrogens (tertiary/aromatic N) is 1. The van der Waals surface area contributed by atoms with Gasteiger partial charge in [-0.15, -0.1) is 0 Å². The van der Waals surface area contributed by atoms with Crippen LogP contribution in [0.4, 0.5) is 4.39 Å². The van der Waals surface area contributed by atoms with Crippen LogP contribution >= 0.6 is 0 Å². The van der Waals surface area contributed by atoms with Crippen LogP contribution in [0.25, 0.3) is 0 Å². The Bertz CT molecular complexity index is 759. The third kappa shape index (κ3) is 3.44. The molecule has 0 spiro atoms. The van der Waals surface area contributed by atoms with Crippen molar-refractivity contribution < 1.29 is 17.6 Å². The first kappa shape index (κ1) is 15.1. The van der Waals surface area contributed by atoms with E-state index in [1.54, 1.807) is 13.1 Å². The van der Waals surface area contributed by atoms with Gasteiger partial charge in [0, 0.05) is 12.4 Å². The average Bonchev–Trinajstić information content (AvgIpc) is 2.91. The molecule has 2 aromatic rings. The number of H-pyrrole nitrogens is 1. The smallest absolute Gasteiger partial charge is 0.254 e. The van der Waals surface area contributed by atoms with E-state index < -0.39 is 33.4 Å². The first-order chi connectivity index (χ1) is 9.79. The second-order valence-electron chi connectivity index (χ2n) is 4.36. The molecule has 7 nitrogen and oxygen atoms in total. The molecule has 1 aromatic carbocycles. The normalized spacial score (nSPS) is 12.9. The number of halogens is 1. The molecule has 0 aliphatic heterocycles. The summed E-state index contributed by atoms with van der Waals surface area (Å²) in [6, 6.07) is 2.28. The zero-order valence-corrected chi connectivity index (χ0v) is 11.8. The van der Waals surface area contributed by atoms with Crippen LogP contribution in [-0.4, -0.2) is 24.3 Å². The van der Waals surface area contributed by atoms with E-state index in [0.717, 1.165) is 18.2 Å². The third-order valence-electron chi connectivity index (χ3n) is 2.79. The predicted molar refractivity (Wildman–Crippen MR) is 72.2 cm³/mol. The molecule has 21 heavy (non-hydrogen) atoms. The first-order valence-corrected chi connectivity index (χ1v) is 7.46. The summed E-state index contributed by atoms with van der Waals surface area (Å²) in [6.07, 6.45) is 3.10. The number of aromatic nitrogens is 2. The lowest BCUT2D eigenvalue weighted by molar-refractivity contribution is 0.0934. The molecule has 2 rings (SSSR count). The number of benzene rings is 1. The summed E-state index contributed by atoms with van der Waals surface area (Å²) in [5.41, 5.74) is -0.403. The largest absolute Gasteiger partial charge is 0.347 e. The standard InChI is InChI=1S/C12H13FN4O3S/c1-7(11-15-4-5-16-11)17-12(18)9-6-8(21(14,19)20)2-3-10(9)13/h2-7H,1H3,(H,15,16)(H,17,18)(H2,14,19,20)/t7-/m1/s1. The monoisotopic (exact) mass is 312 g/mol. The highest BCUT2D eigenvalue weighted by atomic mass is 32.2. The van der Waals surface area contributed by atoms with Crippen LogP contribution in [0.5, 0.6) is 0 Å². The van der Waals surface area contributed by atoms with Crippen molar-refractivity contribution in [1.82, 2.24) is 15.3 Å². The van der Waals surface area contributed by atoms with Gasteiger partial charge in [-0.05, 0) is 25.1 Å². The van der Waals surface area contributed by atoms with Crippen LogP contribution in [0.1, 0.15) is 29.1 Å². The molecule has 1 aromatic heterocycles. The molecule has 1 amide bonds. The van der Waals surface area contributed by atoms with Gasteiger partial charge in [0.15, 0.2) is 0 Å². The number of aromatic amines is 1. The molecule has 0 aliphatic rings. The van der Waals surface area contributed by atoms with Gasteiger partial charge in [-0.1, -0.05) is 0 Å². The van der Waals surface area contributed by atoms with E-state index in [0.29, 0.717) is 5.82 Å². The van der Waals surface area contributed by atoms with Crippen LogP contribution in [0, 0.1) is 5.82 Å². The maximum absolute atomic E-state index is 13.7. The molecule has 1 heterocycles. The van der Waals surface area contributed by atoms with Gasteiger partial charge in [-0.3, -0.25) is 4.79 Å². The Hall–Kier alpha value is -2.26. The lowest BCUT2D eigenvalue weighted by Gasteiger charge is -2.12. The Labute approximate surface area is 120 Å². The van der Waals surface area contributed by atoms with Gasteiger partial charge in [0.2, 0.25) is 10.0 Å². The van der Waals surface area contributed by atoms with Crippen molar-refractivity contribution in [3.05, 3.63) is 47.8 Å². The molecular weight excluding hydrogens is 299 g/mol. The Morgan fingerprint density at radius 3 is 2.76 bits per heavy atom. The van der Waals surface area contributed by atoms with Crippen molar-refractivity contribution in [1.29, 1.82) is 0 Å². The zero-order valence-electron chi connectivity index (χ0n) is 11.0. The number of hydrogen-bond acceptors (Lipinski definition) is 4. The van der Waals surface area contributed by atoms with E-state index in [2.05, 4.69) is 15.3 Å². The van der Waals surface area contributed by atoms with Crippen LogP contribution in [0.15, 0.2) is 35.5 Å². The van der Waals surface area contributed by atoms with Gasteiger partial charge in [0.1, 0.15) is 11.6 Å². The number of amides is 1. The number of sulfonamides is 1. The van der Waals surface area contributed by atoms with E-state index in [-0.39, 0.29) is 4.90 Å². The summed E-state index contributed by atoms with van der Waals surface area (Å²) < 4.78 is 36.2. The summed E-state index contributed by atoms with van der Waals surface area (Å²) in [5, 5.41) is 7.47. The molecule has 9 heteroatoms. The molecule has 0 aliphatic carbocycles. The van der Waals surface area contributed by atoms with Gasteiger partial charge in [-0.2, -0.15) is 0 Å². The maximum atomic E-state index is 13.7. The summed E-state index contributed by atoms with van der Waals surface area (Å²) >= 11 is 0. The average molecular weight is 312 g/mol. The van der Waals surface area contributed by atoms with E-state index in [1.165, 1.54) is 6.20 Å². The quantitative estimate of drug-likeness (QED) is 0.769. The molecule has 4 N–H and O–H groups in total. The summed E-state index contributed by atoms with van der Waals surface area (Å²) in [6.45, 7) is 1.65. The van der Waals surface area contributed by atoms with Crippen molar-refractivity contribution in [3.63, 3.8) is 0 Å². The van der Waals surface area contributed by atoms with Crippen molar-refractivity contribution >= 4 is 15.9 Å². The van der Waals surface area contributed by atoms with Gasteiger partial charge in [0.05, 0.1) is 16.5 Å². The second-order valence-corrected chi connectivity index (χ2v) is 5.92. The third-order valence-corrected chi connectivity index (χ3v) is 3.70. The number of carbonyl (C=O) groups excluding carboxylic acids is 1. The summed E-state index contributed by atoms with van der Waals surface area (Å²) in [5.74, 6) is -1.11. The second kappa shape index (κ2) is 5.62. The van der Waals surface area contributed by atoms with E-state index in [1.807, 2.05) is 0 Å². The van der Waals surface area contributed by atoms with E-state index in [9.17, 15) is 17.6 Å². The number of hydrogen-bond donors (Lipinski definition) is 3. The van der Waals surface area contributed by atoms with Crippen molar-refractivity contribution in [2.24, 2.45) is 5.14 Å². The van der Waals surface area contributed by atoms with Crippen LogP contribution in [0.3, 0.4) is 0 Å². The lowest BCUT2D eigenvalue weighted by atomic mass is 10.2. The molecule has 0 saturated carbocycles. The highest BCUT2D eigenvalue weighted by Crippen LogP contribution is 2.15. The Kier molecular flexibility index (Phi) is 4.05. The SMILES string of the molecule is C[C@@H](NC(=O)c1cc(S(N)(=O)=O)ccc1F)c1ncc[nH]1. The molecule has 0 unspecified atom stereocenters. The molecule has 1 atom stereocenters. The van der Waals surface area contributed by atoms with Crippen LogP contribution in [0.2, 0.25) is 0 Å². The Balaban J connectivity index is 2.27. The van der Waals surface area contributed by atoms with Crippen LogP contribution < -0.4 is 10.5 Å². The highest BCUT2D eigenvalue weighted by molar-refractivity contribution is 7.89. The fourth-order valence-corrected chi connectivity index (χ4v) is 2.25. The van der Waals surface area contributed by atoms with Crippen molar-refractivity contribution in [2.45, 2.75) is 17.9 Å². The highest BCUT2D eigenvalue weighted by Gasteiger charge is 2.19. The molecule has 0 radical (unpaired) electrons. The van der Waals surface area contributed by atoms with E-state index in [4.69, 9.17) is 5.14 Å². The van der Waals surface area contributed by atoms with Crippen molar-refractivity contribution in [2.75, 3.05) is 0 Å². The van der Waals surface area contributed by atoms with Gasteiger partial charge >= 0.3 is 0 Å². The summed E-state index contributed by atoms with van der Waals surface area (Å²) in [7, 11) is -4.01. The minimum Gasteiger partial charge on any atom is -0.347 e. The van der Waals surface area contributed by atoms with Gasteiger partial charge in [-0.25, -0.2) is 22.9 Å². The van der Waals surface area contributed by atoms with Crippen LogP contribution in [-0.2, 0) is 10.0 Å². The van der Waals surface area contributed by atoms with Gasteiger partial charge < -0.3 is 10.3 Å². The molecule has 0 fully saturated rings. The fourth-order valence-electron chi connectivity index (χ4n) is 1.71. The number of primary sulfonamides is 1. The first-order valence-electron chi connectivity index (χ1n) is 5.91. The molecule has 0 saturated heterocycles. The minimum absolute atomic E-state index is 0.334. The fraction of sp³-hybridized carbons (Fsp3) is 0.167. The number of carbonyl (C=O) groups is 1. The summed E-state index contributed by atoms with van der Waals surface area (Å²) in [4.78, 5) is 18.5.